The van der Waals surface area contributed by atoms with E-state index in [2.05, 4.69) is 34.7 Å². The van der Waals surface area contributed by atoms with Gasteiger partial charge < -0.3 is 10.5 Å². The van der Waals surface area contributed by atoms with E-state index in [0.717, 1.165) is 37.2 Å². The predicted molar refractivity (Wildman–Crippen MR) is 86.9 cm³/mol. The molecular formula is C16H24BrFN2O. The number of hydrogen-bond donors (Lipinski definition) is 1. The van der Waals surface area contributed by atoms with Gasteiger partial charge in [-0.05, 0) is 37.5 Å². The van der Waals surface area contributed by atoms with Crippen LogP contribution in [-0.4, -0.2) is 42.8 Å². The van der Waals surface area contributed by atoms with Crippen LogP contribution < -0.4 is 5.73 Å². The average molecular weight is 359 g/mol. The van der Waals surface area contributed by atoms with Crippen LogP contribution in [0.3, 0.4) is 0 Å². The monoisotopic (exact) mass is 358 g/mol. The van der Waals surface area contributed by atoms with Gasteiger partial charge in [0.1, 0.15) is 5.82 Å². The van der Waals surface area contributed by atoms with Crippen molar-refractivity contribution in [3.05, 3.63) is 34.1 Å². The minimum Gasteiger partial charge on any atom is -0.379 e. The lowest BCUT2D eigenvalue weighted by molar-refractivity contribution is -0.0273. The van der Waals surface area contributed by atoms with Crippen molar-refractivity contribution < 1.29 is 9.13 Å². The SMILES string of the molecule is CCC(C)(C(N)Cc1ccc(Br)cc1F)N1CCOCC1. The first-order chi connectivity index (χ1) is 9.97. The van der Waals surface area contributed by atoms with Gasteiger partial charge in [-0.1, -0.05) is 28.9 Å². The number of nitrogens with zero attached hydrogens (tertiary/aromatic N) is 1. The first kappa shape index (κ1) is 16.9. The molecule has 2 unspecified atom stereocenters. The third-order valence-corrected chi connectivity index (χ3v) is 5.20. The number of morpholine rings is 1. The molecule has 1 heterocycles. The highest BCUT2D eigenvalue weighted by Gasteiger charge is 2.37. The second kappa shape index (κ2) is 7.18. The van der Waals surface area contributed by atoms with Crippen molar-refractivity contribution in [3.8, 4) is 0 Å². The Morgan fingerprint density at radius 2 is 2.10 bits per heavy atom. The van der Waals surface area contributed by atoms with E-state index in [1.807, 2.05) is 12.1 Å². The van der Waals surface area contributed by atoms with E-state index < -0.39 is 0 Å². The second-order valence-electron chi connectivity index (χ2n) is 5.86. The summed E-state index contributed by atoms with van der Waals surface area (Å²) in [6.45, 7) is 7.60. The molecule has 0 spiro atoms. The number of hydrogen-bond acceptors (Lipinski definition) is 3. The average Bonchev–Trinajstić information content (AvgIpc) is 2.50. The molecule has 118 valence electrons. The molecule has 2 N–H and O–H groups in total. The molecular weight excluding hydrogens is 335 g/mol. The van der Waals surface area contributed by atoms with Gasteiger partial charge >= 0.3 is 0 Å². The highest BCUT2D eigenvalue weighted by Crippen LogP contribution is 2.27. The Bertz CT molecular complexity index is 479. The first-order valence-corrected chi connectivity index (χ1v) is 8.29. The molecule has 0 aliphatic carbocycles. The number of halogens is 2. The largest absolute Gasteiger partial charge is 0.379 e. The summed E-state index contributed by atoms with van der Waals surface area (Å²) in [5.41, 5.74) is 7.02. The molecule has 1 aliphatic rings. The summed E-state index contributed by atoms with van der Waals surface area (Å²) in [6, 6.07) is 5.06. The molecule has 0 aromatic heterocycles. The number of nitrogens with two attached hydrogens (primary N) is 1. The van der Waals surface area contributed by atoms with E-state index in [4.69, 9.17) is 10.5 Å². The third kappa shape index (κ3) is 3.83. The van der Waals surface area contributed by atoms with Gasteiger partial charge in [-0.2, -0.15) is 0 Å². The molecule has 1 aliphatic heterocycles. The van der Waals surface area contributed by atoms with Gasteiger partial charge in [-0.15, -0.1) is 0 Å². The third-order valence-electron chi connectivity index (χ3n) is 4.70. The Kier molecular flexibility index (Phi) is 5.77. The molecule has 0 radical (unpaired) electrons. The molecule has 0 saturated carbocycles. The molecule has 1 saturated heterocycles. The summed E-state index contributed by atoms with van der Waals surface area (Å²) in [6.07, 6.45) is 1.48. The normalized spacial score (nSPS) is 21.0. The summed E-state index contributed by atoms with van der Waals surface area (Å²) in [4.78, 5) is 2.39. The van der Waals surface area contributed by atoms with Crippen molar-refractivity contribution in [1.29, 1.82) is 0 Å². The Morgan fingerprint density at radius 3 is 2.67 bits per heavy atom. The zero-order valence-corrected chi connectivity index (χ0v) is 14.3. The van der Waals surface area contributed by atoms with E-state index >= 15 is 0 Å². The van der Waals surface area contributed by atoms with Crippen LogP contribution in [0.1, 0.15) is 25.8 Å². The molecule has 2 atom stereocenters. The van der Waals surface area contributed by atoms with Gasteiger partial charge in [-0.3, -0.25) is 4.90 Å². The highest BCUT2D eigenvalue weighted by molar-refractivity contribution is 9.10. The number of benzene rings is 1. The number of rotatable bonds is 5. The fourth-order valence-electron chi connectivity index (χ4n) is 2.94. The molecule has 2 rings (SSSR count). The summed E-state index contributed by atoms with van der Waals surface area (Å²) >= 11 is 3.28. The zero-order valence-electron chi connectivity index (χ0n) is 12.7. The van der Waals surface area contributed by atoms with Gasteiger partial charge in [0.15, 0.2) is 0 Å². The highest BCUT2D eigenvalue weighted by atomic mass is 79.9. The van der Waals surface area contributed by atoms with Crippen molar-refractivity contribution in [2.24, 2.45) is 5.73 Å². The standard InChI is InChI=1S/C16H24BrFN2O/c1-3-16(2,20-6-8-21-9-7-20)15(19)10-12-4-5-13(17)11-14(12)18/h4-5,11,15H,3,6-10,19H2,1-2H3. The Balaban J connectivity index is 2.13. The van der Waals surface area contributed by atoms with Crippen LogP contribution in [0, 0.1) is 5.82 Å². The van der Waals surface area contributed by atoms with Crippen molar-refractivity contribution in [2.75, 3.05) is 26.3 Å². The van der Waals surface area contributed by atoms with E-state index in [1.165, 1.54) is 6.07 Å². The Labute approximate surface area is 134 Å². The lowest BCUT2D eigenvalue weighted by Gasteiger charge is -2.46. The topological polar surface area (TPSA) is 38.5 Å². The van der Waals surface area contributed by atoms with E-state index in [9.17, 15) is 4.39 Å². The summed E-state index contributed by atoms with van der Waals surface area (Å²) in [5.74, 6) is -0.194. The molecule has 5 heteroatoms. The number of ether oxygens (including phenoxy) is 1. The molecule has 3 nitrogen and oxygen atoms in total. The maximum atomic E-state index is 14.0. The van der Waals surface area contributed by atoms with Crippen LogP contribution in [0.4, 0.5) is 4.39 Å². The lowest BCUT2D eigenvalue weighted by atomic mass is 9.83. The summed E-state index contributed by atoms with van der Waals surface area (Å²) in [7, 11) is 0. The van der Waals surface area contributed by atoms with Crippen LogP contribution in [-0.2, 0) is 11.2 Å². The summed E-state index contributed by atoms with van der Waals surface area (Å²) < 4.78 is 20.2. The maximum absolute atomic E-state index is 14.0. The molecule has 0 amide bonds. The van der Waals surface area contributed by atoms with Crippen molar-refractivity contribution in [1.82, 2.24) is 4.90 Å². The van der Waals surface area contributed by atoms with E-state index in [0.29, 0.717) is 12.0 Å². The van der Waals surface area contributed by atoms with Gasteiger partial charge in [-0.25, -0.2) is 4.39 Å². The predicted octanol–water partition coefficient (Wildman–Crippen LogP) is 2.96. The van der Waals surface area contributed by atoms with Crippen molar-refractivity contribution >= 4 is 15.9 Å². The maximum Gasteiger partial charge on any atom is 0.127 e. The molecule has 21 heavy (non-hydrogen) atoms. The lowest BCUT2D eigenvalue weighted by Crippen LogP contribution is -2.61. The van der Waals surface area contributed by atoms with Crippen molar-refractivity contribution in [2.45, 2.75) is 38.3 Å². The Morgan fingerprint density at radius 1 is 1.43 bits per heavy atom. The van der Waals surface area contributed by atoms with E-state index in [1.54, 1.807) is 0 Å². The minimum atomic E-state index is -0.194. The van der Waals surface area contributed by atoms with Crippen LogP contribution in [0.5, 0.6) is 0 Å². The van der Waals surface area contributed by atoms with Gasteiger partial charge in [0.05, 0.1) is 13.2 Å². The minimum absolute atomic E-state index is 0.115. The quantitative estimate of drug-likeness (QED) is 0.879. The molecule has 1 aromatic carbocycles. The van der Waals surface area contributed by atoms with Crippen LogP contribution in [0.2, 0.25) is 0 Å². The van der Waals surface area contributed by atoms with Crippen LogP contribution in [0.25, 0.3) is 0 Å². The molecule has 1 fully saturated rings. The smallest absolute Gasteiger partial charge is 0.127 e. The van der Waals surface area contributed by atoms with Gasteiger partial charge in [0.25, 0.3) is 0 Å². The molecule has 1 aromatic rings. The van der Waals surface area contributed by atoms with Crippen LogP contribution >= 0.6 is 15.9 Å². The second-order valence-corrected chi connectivity index (χ2v) is 6.77. The molecule has 0 bridgehead atoms. The van der Waals surface area contributed by atoms with Crippen LogP contribution in [0.15, 0.2) is 22.7 Å². The Hall–Kier alpha value is -0.490. The zero-order chi connectivity index (χ0) is 15.5. The fourth-order valence-corrected chi connectivity index (χ4v) is 3.27. The van der Waals surface area contributed by atoms with Gasteiger partial charge in [0.2, 0.25) is 0 Å². The fraction of sp³-hybridized carbons (Fsp3) is 0.625. The van der Waals surface area contributed by atoms with Gasteiger partial charge in [0, 0.05) is 29.1 Å². The summed E-state index contributed by atoms with van der Waals surface area (Å²) in [5, 5.41) is 0. The first-order valence-electron chi connectivity index (χ1n) is 7.49. The van der Waals surface area contributed by atoms with Crippen molar-refractivity contribution in [3.63, 3.8) is 0 Å². The van der Waals surface area contributed by atoms with E-state index in [-0.39, 0.29) is 17.4 Å².